The molecule has 1 aromatic carbocycles. The highest BCUT2D eigenvalue weighted by atomic mass is 32.1. The molecule has 5 rings (SSSR count). The second-order valence-electron chi connectivity index (χ2n) is 7.39. The standard InChI is InChI=1S/C23H20N4OS/c1-14(23-27-21(13-29-23)16-8-10-24-11-9-16)25-22(28)18-12-20(15-6-7-15)26-19-5-3-2-4-17(18)19/h2-5,8-15H,6-7H2,1H3,(H,25,28). The Labute approximate surface area is 172 Å². The maximum absolute atomic E-state index is 13.1. The van der Waals surface area contributed by atoms with Crippen LogP contribution in [0.25, 0.3) is 22.2 Å². The molecule has 0 aliphatic heterocycles. The number of aromatic nitrogens is 3. The topological polar surface area (TPSA) is 67.8 Å². The average Bonchev–Trinajstić information content (AvgIpc) is 3.49. The molecular weight excluding hydrogens is 380 g/mol. The van der Waals surface area contributed by atoms with Crippen LogP contribution in [0.15, 0.2) is 60.2 Å². The first-order chi connectivity index (χ1) is 14.2. The van der Waals surface area contributed by atoms with Gasteiger partial charge in [-0.05, 0) is 44.0 Å². The first-order valence-electron chi connectivity index (χ1n) is 9.75. The Morgan fingerprint density at radius 2 is 1.93 bits per heavy atom. The summed E-state index contributed by atoms with van der Waals surface area (Å²) in [5.74, 6) is 0.407. The van der Waals surface area contributed by atoms with Crippen molar-refractivity contribution < 1.29 is 4.79 Å². The minimum Gasteiger partial charge on any atom is -0.343 e. The molecule has 0 radical (unpaired) electrons. The quantitative estimate of drug-likeness (QED) is 0.505. The van der Waals surface area contributed by atoms with E-state index in [1.54, 1.807) is 23.7 Å². The van der Waals surface area contributed by atoms with Gasteiger partial charge < -0.3 is 5.32 Å². The molecule has 0 saturated heterocycles. The average molecular weight is 401 g/mol. The molecule has 29 heavy (non-hydrogen) atoms. The molecule has 1 atom stereocenters. The largest absolute Gasteiger partial charge is 0.343 e. The highest BCUT2D eigenvalue weighted by Gasteiger charge is 2.27. The molecule has 5 nitrogen and oxygen atoms in total. The molecular formula is C23H20N4OS. The van der Waals surface area contributed by atoms with Crippen LogP contribution in [-0.2, 0) is 0 Å². The van der Waals surface area contributed by atoms with Gasteiger partial charge in [-0.15, -0.1) is 11.3 Å². The molecule has 0 spiro atoms. The van der Waals surface area contributed by atoms with Gasteiger partial charge in [-0.3, -0.25) is 14.8 Å². The fraction of sp³-hybridized carbons (Fsp3) is 0.217. The number of carbonyl (C=O) groups excluding carboxylic acids is 1. The van der Waals surface area contributed by atoms with Gasteiger partial charge in [0.15, 0.2) is 0 Å². The Morgan fingerprint density at radius 3 is 2.72 bits per heavy atom. The number of hydrogen-bond donors (Lipinski definition) is 1. The van der Waals surface area contributed by atoms with E-state index in [1.165, 1.54) is 0 Å². The van der Waals surface area contributed by atoms with Gasteiger partial charge in [-0.25, -0.2) is 4.98 Å². The molecule has 1 aliphatic rings. The lowest BCUT2D eigenvalue weighted by Crippen LogP contribution is -2.27. The van der Waals surface area contributed by atoms with Crippen molar-refractivity contribution in [2.75, 3.05) is 0 Å². The van der Waals surface area contributed by atoms with Gasteiger partial charge in [0, 0.05) is 40.3 Å². The van der Waals surface area contributed by atoms with E-state index >= 15 is 0 Å². The maximum atomic E-state index is 13.1. The molecule has 1 fully saturated rings. The molecule has 4 aromatic rings. The molecule has 1 N–H and O–H groups in total. The summed E-state index contributed by atoms with van der Waals surface area (Å²) in [5.41, 5.74) is 4.52. The van der Waals surface area contributed by atoms with E-state index < -0.39 is 0 Å². The van der Waals surface area contributed by atoms with Crippen LogP contribution in [-0.4, -0.2) is 20.9 Å². The third-order valence-electron chi connectivity index (χ3n) is 5.19. The van der Waals surface area contributed by atoms with Crippen LogP contribution >= 0.6 is 11.3 Å². The van der Waals surface area contributed by atoms with Crippen molar-refractivity contribution >= 4 is 28.1 Å². The Kier molecular flexibility index (Phi) is 4.56. The van der Waals surface area contributed by atoms with E-state index in [4.69, 9.17) is 9.97 Å². The minimum atomic E-state index is -0.181. The smallest absolute Gasteiger partial charge is 0.252 e. The number of fused-ring (bicyclic) bond motifs is 1. The van der Waals surface area contributed by atoms with Crippen LogP contribution in [0.5, 0.6) is 0 Å². The lowest BCUT2D eigenvalue weighted by atomic mass is 10.0. The second kappa shape index (κ2) is 7.37. The van der Waals surface area contributed by atoms with Crippen molar-refractivity contribution in [2.24, 2.45) is 0 Å². The van der Waals surface area contributed by atoms with Gasteiger partial charge in [-0.2, -0.15) is 0 Å². The first-order valence-corrected chi connectivity index (χ1v) is 10.6. The van der Waals surface area contributed by atoms with Crippen LogP contribution in [0.4, 0.5) is 0 Å². The summed E-state index contributed by atoms with van der Waals surface area (Å²) in [7, 11) is 0. The first kappa shape index (κ1) is 17.9. The summed E-state index contributed by atoms with van der Waals surface area (Å²) < 4.78 is 0. The molecule has 144 valence electrons. The zero-order valence-corrected chi connectivity index (χ0v) is 16.8. The Balaban J connectivity index is 1.41. The molecule has 0 bridgehead atoms. The van der Waals surface area contributed by atoms with Crippen molar-refractivity contribution in [3.05, 3.63) is 76.5 Å². The van der Waals surface area contributed by atoms with Crippen LogP contribution in [0.1, 0.15) is 52.8 Å². The van der Waals surface area contributed by atoms with Gasteiger partial charge >= 0.3 is 0 Å². The summed E-state index contributed by atoms with van der Waals surface area (Å²) in [4.78, 5) is 26.7. The number of rotatable bonds is 5. The van der Waals surface area contributed by atoms with Gasteiger partial charge in [0.2, 0.25) is 0 Å². The van der Waals surface area contributed by atoms with Gasteiger partial charge in [0.1, 0.15) is 5.01 Å². The Morgan fingerprint density at radius 1 is 1.14 bits per heavy atom. The second-order valence-corrected chi connectivity index (χ2v) is 8.28. The number of carbonyl (C=O) groups is 1. The summed E-state index contributed by atoms with van der Waals surface area (Å²) in [6, 6.07) is 13.5. The van der Waals surface area contributed by atoms with Crippen molar-refractivity contribution in [1.29, 1.82) is 0 Å². The number of nitrogens with one attached hydrogen (secondary N) is 1. The van der Waals surface area contributed by atoms with E-state index in [0.29, 0.717) is 11.5 Å². The highest BCUT2D eigenvalue weighted by Crippen LogP contribution is 2.40. The fourth-order valence-electron chi connectivity index (χ4n) is 3.45. The van der Waals surface area contributed by atoms with E-state index in [9.17, 15) is 4.79 Å². The van der Waals surface area contributed by atoms with Crippen molar-refractivity contribution in [1.82, 2.24) is 20.3 Å². The molecule has 3 heterocycles. The van der Waals surface area contributed by atoms with E-state index in [-0.39, 0.29) is 11.9 Å². The number of pyridine rings is 2. The van der Waals surface area contributed by atoms with Crippen LogP contribution in [0.3, 0.4) is 0 Å². The summed E-state index contributed by atoms with van der Waals surface area (Å²) in [6.45, 7) is 1.97. The Hall–Kier alpha value is -3.12. The summed E-state index contributed by atoms with van der Waals surface area (Å²) in [5, 5.41) is 6.91. The van der Waals surface area contributed by atoms with Crippen LogP contribution in [0, 0.1) is 0 Å². The molecule has 1 amide bonds. The number of nitrogens with zero attached hydrogens (tertiary/aromatic N) is 3. The molecule has 1 unspecified atom stereocenters. The van der Waals surface area contributed by atoms with Crippen LogP contribution < -0.4 is 5.32 Å². The van der Waals surface area contributed by atoms with Crippen molar-refractivity contribution in [2.45, 2.75) is 31.7 Å². The van der Waals surface area contributed by atoms with E-state index in [2.05, 4.69) is 10.3 Å². The maximum Gasteiger partial charge on any atom is 0.252 e. The van der Waals surface area contributed by atoms with E-state index in [0.717, 1.165) is 45.7 Å². The normalized spacial score (nSPS) is 14.7. The van der Waals surface area contributed by atoms with Gasteiger partial charge in [0.05, 0.1) is 22.8 Å². The molecule has 3 aromatic heterocycles. The monoisotopic (exact) mass is 400 g/mol. The highest BCUT2D eigenvalue weighted by molar-refractivity contribution is 7.10. The van der Waals surface area contributed by atoms with Crippen LogP contribution in [0.2, 0.25) is 0 Å². The number of thiazole rings is 1. The number of benzene rings is 1. The SMILES string of the molecule is CC(NC(=O)c1cc(C2CC2)nc2ccccc12)c1nc(-c2ccncc2)cs1. The lowest BCUT2D eigenvalue weighted by Gasteiger charge is -2.14. The zero-order valence-electron chi connectivity index (χ0n) is 16.0. The number of amides is 1. The molecule has 6 heteroatoms. The van der Waals surface area contributed by atoms with E-state index in [1.807, 2.05) is 54.8 Å². The Bertz CT molecular complexity index is 1180. The fourth-order valence-corrected chi connectivity index (χ4v) is 4.29. The lowest BCUT2D eigenvalue weighted by molar-refractivity contribution is 0.0941. The zero-order chi connectivity index (χ0) is 19.8. The van der Waals surface area contributed by atoms with Crippen molar-refractivity contribution in [3.63, 3.8) is 0 Å². The molecule has 1 saturated carbocycles. The molecule has 1 aliphatic carbocycles. The third-order valence-corrected chi connectivity index (χ3v) is 6.22. The summed E-state index contributed by atoms with van der Waals surface area (Å²) in [6.07, 6.45) is 5.82. The third kappa shape index (κ3) is 3.63. The number of hydrogen-bond acceptors (Lipinski definition) is 5. The van der Waals surface area contributed by atoms with Crippen molar-refractivity contribution in [3.8, 4) is 11.3 Å². The van der Waals surface area contributed by atoms with Gasteiger partial charge in [-0.1, -0.05) is 18.2 Å². The number of para-hydroxylation sites is 1. The predicted molar refractivity (Wildman–Crippen MR) is 115 cm³/mol. The minimum absolute atomic E-state index is 0.0846. The summed E-state index contributed by atoms with van der Waals surface area (Å²) >= 11 is 1.55. The predicted octanol–water partition coefficient (Wildman–Crippen LogP) is 5.12. The van der Waals surface area contributed by atoms with Gasteiger partial charge in [0.25, 0.3) is 5.91 Å².